The van der Waals surface area contributed by atoms with Gasteiger partial charge < -0.3 is 28.8 Å². The molecule has 7 heteroatoms. The number of rotatable bonds is 6. The number of benzene rings is 1. The Kier molecular flexibility index (Phi) is 7.40. The van der Waals surface area contributed by atoms with E-state index in [0.717, 1.165) is 18.4 Å². The van der Waals surface area contributed by atoms with E-state index in [1.807, 2.05) is 27.7 Å². The van der Waals surface area contributed by atoms with Crippen LogP contribution in [0.25, 0.3) is 0 Å². The van der Waals surface area contributed by atoms with Gasteiger partial charge in [0.05, 0.1) is 38.6 Å². The van der Waals surface area contributed by atoms with Crippen molar-refractivity contribution in [2.24, 2.45) is 11.8 Å². The number of aliphatic hydroxyl groups is 1. The number of hydrogen-bond acceptors (Lipinski definition) is 7. The van der Waals surface area contributed by atoms with E-state index in [-0.39, 0.29) is 23.5 Å². The Hall–Kier alpha value is -2.25. The summed E-state index contributed by atoms with van der Waals surface area (Å²) in [5.41, 5.74) is 1.10. The van der Waals surface area contributed by atoms with Crippen molar-refractivity contribution in [3.05, 3.63) is 29.3 Å². The lowest BCUT2D eigenvalue weighted by Crippen LogP contribution is -2.43. The van der Waals surface area contributed by atoms with Gasteiger partial charge in [0.2, 0.25) is 5.75 Å². The molecular formula is C25H36O7. The Morgan fingerprint density at radius 3 is 2.31 bits per heavy atom. The Labute approximate surface area is 190 Å². The molecule has 0 saturated carbocycles. The zero-order chi connectivity index (χ0) is 23.6. The van der Waals surface area contributed by atoms with Crippen LogP contribution in [0.15, 0.2) is 23.8 Å². The summed E-state index contributed by atoms with van der Waals surface area (Å²) in [7, 11) is 4.51. The van der Waals surface area contributed by atoms with Gasteiger partial charge >= 0.3 is 5.97 Å². The number of fused-ring (bicyclic) bond motifs is 1. The van der Waals surface area contributed by atoms with E-state index in [1.165, 1.54) is 21.3 Å². The molecule has 178 valence electrons. The van der Waals surface area contributed by atoms with Crippen LogP contribution in [-0.2, 0) is 9.47 Å². The summed E-state index contributed by atoms with van der Waals surface area (Å²) < 4.78 is 28.1. The maximum absolute atomic E-state index is 13.2. The standard InChI is InChI=1S/C25H36O7/c1-14(2)20-17(11-15(3)9-8-10-25(4)23(32-25)21(20)26)31-24(27)16-12-18(28-5)22(30-7)19(13-16)29-6/h9,12-14,17,20-21,23,26H,8,10-11H2,1-7H3/b15-9-/t17-,20+,21-,23+,25-/m0/s1. The molecule has 0 spiro atoms. The lowest BCUT2D eigenvalue weighted by atomic mass is 9.78. The van der Waals surface area contributed by atoms with Crippen LogP contribution < -0.4 is 14.2 Å². The molecule has 7 nitrogen and oxygen atoms in total. The molecule has 2 aliphatic rings. The number of esters is 1. The van der Waals surface area contributed by atoms with Gasteiger partial charge in [0.1, 0.15) is 12.2 Å². The predicted molar refractivity (Wildman–Crippen MR) is 121 cm³/mol. The Morgan fingerprint density at radius 1 is 1.16 bits per heavy atom. The van der Waals surface area contributed by atoms with Crippen molar-refractivity contribution in [3.8, 4) is 17.2 Å². The van der Waals surface area contributed by atoms with Crippen LogP contribution in [0.1, 0.15) is 57.3 Å². The highest BCUT2D eigenvalue weighted by Gasteiger charge is 2.58. The van der Waals surface area contributed by atoms with Gasteiger partial charge in [-0.1, -0.05) is 25.5 Å². The summed E-state index contributed by atoms with van der Waals surface area (Å²) in [6, 6.07) is 3.16. The third-order valence-electron chi connectivity index (χ3n) is 6.66. The van der Waals surface area contributed by atoms with Gasteiger partial charge in [0.15, 0.2) is 11.5 Å². The van der Waals surface area contributed by atoms with Crippen molar-refractivity contribution in [1.29, 1.82) is 0 Å². The molecule has 1 N–H and O–H groups in total. The van der Waals surface area contributed by atoms with Crippen LogP contribution in [0.5, 0.6) is 17.2 Å². The summed E-state index contributed by atoms with van der Waals surface area (Å²) in [6.07, 6.45) is 3.00. The van der Waals surface area contributed by atoms with Crippen LogP contribution in [0, 0.1) is 11.8 Å². The van der Waals surface area contributed by atoms with Crippen molar-refractivity contribution < 1.29 is 33.6 Å². The fraction of sp³-hybridized carbons (Fsp3) is 0.640. The Bertz CT molecular complexity index is 837. The maximum atomic E-state index is 13.2. The number of hydrogen-bond donors (Lipinski definition) is 1. The summed E-state index contributed by atoms with van der Waals surface area (Å²) in [4.78, 5) is 13.2. The monoisotopic (exact) mass is 448 g/mol. The lowest BCUT2D eigenvalue weighted by Gasteiger charge is -2.34. The molecule has 3 rings (SSSR count). The number of carbonyl (C=O) groups excluding carboxylic acids is 1. The highest BCUT2D eigenvalue weighted by Crippen LogP contribution is 2.47. The molecule has 0 radical (unpaired) electrons. The van der Waals surface area contributed by atoms with Gasteiger partial charge in [0, 0.05) is 12.3 Å². The smallest absolute Gasteiger partial charge is 0.338 e. The van der Waals surface area contributed by atoms with E-state index >= 15 is 0 Å². The van der Waals surface area contributed by atoms with E-state index in [9.17, 15) is 9.90 Å². The van der Waals surface area contributed by atoms with Gasteiger partial charge in [-0.25, -0.2) is 4.79 Å². The van der Waals surface area contributed by atoms with E-state index in [0.29, 0.717) is 29.2 Å². The minimum atomic E-state index is -0.719. The molecule has 5 atom stereocenters. The van der Waals surface area contributed by atoms with Crippen LogP contribution in [0.3, 0.4) is 0 Å². The second-order valence-electron chi connectivity index (χ2n) is 9.31. The number of methoxy groups -OCH3 is 3. The normalized spacial score (nSPS) is 31.7. The minimum Gasteiger partial charge on any atom is -0.493 e. The van der Waals surface area contributed by atoms with Crippen molar-refractivity contribution in [2.45, 2.75) is 70.9 Å². The Balaban J connectivity index is 1.93. The first-order chi connectivity index (χ1) is 15.1. The largest absolute Gasteiger partial charge is 0.493 e. The number of epoxide rings is 1. The molecule has 1 aromatic carbocycles. The molecule has 1 saturated heterocycles. The highest BCUT2D eigenvalue weighted by molar-refractivity contribution is 5.91. The number of ether oxygens (including phenoxy) is 5. The zero-order valence-electron chi connectivity index (χ0n) is 20.1. The highest BCUT2D eigenvalue weighted by atomic mass is 16.6. The third-order valence-corrected chi connectivity index (χ3v) is 6.66. The SMILES string of the molecule is COc1cc(C(=O)O[C@H]2C/C(C)=C\CC[C@]3(C)O[C@@H]3[C@@H](O)[C@@H]2C(C)C)cc(OC)c1OC. The first kappa shape index (κ1) is 24.4. The summed E-state index contributed by atoms with van der Waals surface area (Å²) in [5.74, 6) is 0.477. The van der Waals surface area contributed by atoms with Crippen LogP contribution in [-0.4, -0.2) is 56.3 Å². The minimum absolute atomic E-state index is 0.0865. The van der Waals surface area contributed by atoms with Crippen LogP contribution in [0.2, 0.25) is 0 Å². The van der Waals surface area contributed by atoms with Gasteiger partial charge in [-0.2, -0.15) is 0 Å². The number of aliphatic hydroxyl groups excluding tert-OH is 1. The van der Waals surface area contributed by atoms with Gasteiger partial charge in [-0.05, 0) is 44.7 Å². The molecule has 0 unspecified atom stereocenters. The average molecular weight is 449 g/mol. The molecule has 0 aromatic heterocycles. The second kappa shape index (κ2) is 9.71. The second-order valence-corrected chi connectivity index (χ2v) is 9.31. The van der Waals surface area contributed by atoms with E-state index < -0.39 is 18.2 Å². The topological polar surface area (TPSA) is 86.8 Å². The van der Waals surface area contributed by atoms with Crippen molar-refractivity contribution >= 4 is 5.97 Å². The van der Waals surface area contributed by atoms with Crippen molar-refractivity contribution in [3.63, 3.8) is 0 Å². The molecule has 1 heterocycles. The summed E-state index contributed by atoms with van der Waals surface area (Å²) in [6.45, 7) is 8.16. The van der Waals surface area contributed by atoms with Crippen molar-refractivity contribution in [2.75, 3.05) is 21.3 Å². The quantitative estimate of drug-likeness (QED) is 0.397. The zero-order valence-corrected chi connectivity index (χ0v) is 20.1. The van der Waals surface area contributed by atoms with E-state index in [1.54, 1.807) is 12.1 Å². The molecule has 1 aromatic rings. The van der Waals surface area contributed by atoms with Crippen molar-refractivity contribution in [1.82, 2.24) is 0 Å². The average Bonchev–Trinajstić information content (AvgIpc) is 3.43. The molecule has 32 heavy (non-hydrogen) atoms. The molecule has 1 fully saturated rings. The fourth-order valence-electron chi connectivity index (χ4n) is 4.80. The molecular weight excluding hydrogens is 412 g/mol. The summed E-state index contributed by atoms with van der Waals surface area (Å²) >= 11 is 0. The van der Waals surface area contributed by atoms with Crippen LogP contribution >= 0.6 is 0 Å². The lowest BCUT2D eigenvalue weighted by molar-refractivity contribution is -0.0419. The fourth-order valence-corrected chi connectivity index (χ4v) is 4.80. The van der Waals surface area contributed by atoms with E-state index in [2.05, 4.69) is 6.08 Å². The molecule has 0 bridgehead atoms. The third kappa shape index (κ3) is 4.89. The summed E-state index contributed by atoms with van der Waals surface area (Å²) in [5, 5.41) is 11.2. The number of allylic oxidation sites excluding steroid dienone is 1. The predicted octanol–water partition coefficient (Wildman–Crippen LogP) is 4.16. The molecule has 0 amide bonds. The van der Waals surface area contributed by atoms with Gasteiger partial charge in [0.25, 0.3) is 0 Å². The van der Waals surface area contributed by atoms with Gasteiger partial charge in [-0.15, -0.1) is 0 Å². The molecule has 1 aliphatic carbocycles. The first-order valence-electron chi connectivity index (χ1n) is 11.2. The number of carbonyl (C=O) groups is 1. The van der Waals surface area contributed by atoms with Gasteiger partial charge in [-0.3, -0.25) is 0 Å². The van der Waals surface area contributed by atoms with E-state index in [4.69, 9.17) is 23.7 Å². The first-order valence-corrected chi connectivity index (χ1v) is 11.2. The molecule has 1 aliphatic heterocycles. The maximum Gasteiger partial charge on any atom is 0.338 e. The van der Waals surface area contributed by atoms with Crippen LogP contribution in [0.4, 0.5) is 0 Å². The Morgan fingerprint density at radius 2 is 1.78 bits per heavy atom.